The molecule has 1 aromatic heterocycles. The van der Waals surface area contributed by atoms with E-state index in [0.717, 1.165) is 31.4 Å². The Labute approximate surface area is 159 Å². The van der Waals surface area contributed by atoms with Crippen molar-refractivity contribution >= 4 is 27.5 Å². The fourth-order valence-electron chi connectivity index (χ4n) is 3.30. The van der Waals surface area contributed by atoms with Gasteiger partial charge >= 0.3 is 0 Å². The number of hydrogen-bond acceptors (Lipinski definition) is 5. The van der Waals surface area contributed by atoms with Gasteiger partial charge in [-0.2, -0.15) is 5.26 Å². The Hall–Kier alpha value is -1.97. The molecule has 2 aromatic rings. The molecule has 1 aliphatic heterocycles. The number of nitrogens with zero attached hydrogens (tertiary/aromatic N) is 3. The van der Waals surface area contributed by atoms with Gasteiger partial charge in [-0.05, 0) is 44.4 Å². The highest BCUT2D eigenvalue weighted by molar-refractivity contribution is 7.18. The number of nitrogens with one attached hydrogen (secondary N) is 1. The predicted octanol–water partition coefficient (Wildman–Crippen LogP) is 3.53. The number of aromatic nitrogens is 1. The molecule has 1 amide bonds. The summed E-state index contributed by atoms with van der Waals surface area (Å²) >= 11 is 1.76. The van der Waals surface area contributed by atoms with E-state index in [9.17, 15) is 10.1 Å². The van der Waals surface area contributed by atoms with Crippen molar-refractivity contribution in [3.05, 3.63) is 29.3 Å². The average molecular weight is 371 g/mol. The maximum atomic E-state index is 12.5. The van der Waals surface area contributed by atoms with Gasteiger partial charge in [0, 0.05) is 12.5 Å². The van der Waals surface area contributed by atoms with E-state index in [4.69, 9.17) is 4.98 Å². The molecule has 1 fully saturated rings. The lowest BCUT2D eigenvalue weighted by Crippen LogP contribution is -2.52. The van der Waals surface area contributed by atoms with Gasteiger partial charge in [-0.25, -0.2) is 4.98 Å². The minimum atomic E-state index is -0.820. The molecule has 0 unspecified atom stereocenters. The minimum Gasteiger partial charge on any atom is -0.337 e. The van der Waals surface area contributed by atoms with Crippen LogP contribution in [-0.4, -0.2) is 41.0 Å². The first-order valence-electron chi connectivity index (χ1n) is 9.21. The van der Waals surface area contributed by atoms with Crippen LogP contribution in [0.15, 0.2) is 24.3 Å². The molecule has 0 aliphatic carbocycles. The lowest BCUT2D eigenvalue weighted by Gasteiger charge is -2.33. The molecule has 0 spiro atoms. The third kappa shape index (κ3) is 4.05. The Balaban J connectivity index is 1.63. The zero-order valence-electron chi connectivity index (χ0n) is 15.7. The Morgan fingerprint density at radius 1 is 1.50 bits per heavy atom. The van der Waals surface area contributed by atoms with E-state index in [-0.39, 0.29) is 11.8 Å². The van der Waals surface area contributed by atoms with Crippen LogP contribution in [0.5, 0.6) is 0 Å². The van der Waals surface area contributed by atoms with Crippen LogP contribution in [0, 0.1) is 17.2 Å². The van der Waals surface area contributed by atoms with Crippen LogP contribution in [0.25, 0.3) is 10.2 Å². The molecule has 26 heavy (non-hydrogen) atoms. The lowest BCUT2D eigenvalue weighted by atomic mass is 9.90. The molecule has 138 valence electrons. The lowest BCUT2D eigenvalue weighted by molar-refractivity contribution is -0.124. The monoisotopic (exact) mass is 370 g/mol. The van der Waals surface area contributed by atoms with Crippen LogP contribution in [0.3, 0.4) is 0 Å². The number of thiazole rings is 1. The van der Waals surface area contributed by atoms with Gasteiger partial charge < -0.3 is 5.32 Å². The quantitative estimate of drug-likeness (QED) is 0.874. The average Bonchev–Trinajstić information content (AvgIpc) is 3.05. The van der Waals surface area contributed by atoms with Gasteiger partial charge in [0.1, 0.15) is 5.54 Å². The number of carbonyl (C=O) groups is 1. The van der Waals surface area contributed by atoms with Crippen molar-refractivity contribution in [1.29, 1.82) is 5.26 Å². The fraction of sp³-hybridized carbons (Fsp3) is 0.550. The highest BCUT2D eigenvalue weighted by Crippen LogP contribution is 2.32. The number of carbonyl (C=O) groups excluding carboxylic acids is 1. The molecule has 0 bridgehead atoms. The molecular weight excluding hydrogens is 344 g/mol. The topological polar surface area (TPSA) is 69.0 Å². The number of rotatable bonds is 5. The standard InChI is InChI=1S/C20H26N4OS/c1-14(2)20(3,13-21)23-18(25)12-24-10-6-7-15(11-24)19-22-16-8-4-5-9-17(16)26-19/h4-5,8-9,14-15H,6-7,10-12H2,1-3H3,(H,23,25)/t15-,20+/m0/s1. The third-order valence-electron chi connectivity index (χ3n) is 5.32. The molecular formula is C20H26N4OS. The molecule has 2 heterocycles. The van der Waals surface area contributed by atoms with E-state index in [1.807, 2.05) is 26.0 Å². The van der Waals surface area contributed by atoms with Crippen molar-refractivity contribution < 1.29 is 4.79 Å². The first-order chi connectivity index (χ1) is 12.4. The van der Waals surface area contributed by atoms with Crippen LogP contribution >= 0.6 is 11.3 Å². The SMILES string of the molecule is CC(C)[C@@](C)(C#N)NC(=O)CN1CCC[C@H](c2nc3ccccc3s2)C1. The maximum absolute atomic E-state index is 12.5. The summed E-state index contributed by atoms with van der Waals surface area (Å²) in [7, 11) is 0. The maximum Gasteiger partial charge on any atom is 0.235 e. The fourth-order valence-corrected chi connectivity index (χ4v) is 4.39. The molecule has 0 radical (unpaired) electrons. The number of benzene rings is 1. The van der Waals surface area contributed by atoms with Crippen molar-refractivity contribution in [1.82, 2.24) is 15.2 Å². The number of piperidine rings is 1. The van der Waals surface area contributed by atoms with Gasteiger partial charge in [0.05, 0.1) is 27.8 Å². The van der Waals surface area contributed by atoms with Crippen LogP contribution in [-0.2, 0) is 4.79 Å². The second kappa shape index (κ2) is 7.73. The van der Waals surface area contributed by atoms with E-state index < -0.39 is 5.54 Å². The number of hydrogen-bond donors (Lipinski definition) is 1. The van der Waals surface area contributed by atoms with Crippen molar-refractivity contribution in [2.45, 2.75) is 45.1 Å². The van der Waals surface area contributed by atoms with Crippen LogP contribution in [0.2, 0.25) is 0 Å². The molecule has 1 saturated heterocycles. The second-order valence-corrected chi connectivity index (χ2v) is 8.67. The largest absolute Gasteiger partial charge is 0.337 e. The smallest absolute Gasteiger partial charge is 0.235 e. The van der Waals surface area contributed by atoms with Gasteiger partial charge in [-0.15, -0.1) is 11.3 Å². The van der Waals surface area contributed by atoms with Crippen LogP contribution in [0.1, 0.15) is 44.5 Å². The van der Waals surface area contributed by atoms with Crippen molar-refractivity contribution in [2.24, 2.45) is 5.92 Å². The van der Waals surface area contributed by atoms with Gasteiger partial charge in [0.15, 0.2) is 0 Å². The van der Waals surface area contributed by atoms with Gasteiger partial charge in [-0.1, -0.05) is 26.0 Å². The molecule has 1 aromatic carbocycles. The van der Waals surface area contributed by atoms with E-state index >= 15 is 0 Å². The Bertz CT molecular complexity index is 792. The molecule has 5 nitrogen and oxygen atoms in total. The van der Waals surface area contributed by atoms with Crippen LogP contribution < -0.4 is 5.32 Å². The Kier molecular flexibility index (Phi) is 5.59. The zero-order valence-corrected chi connectivity index (χ0v) is 16.5. The van der Waals surface area contributed by atoms with Gasteiger partial charge in [0.2, 0.25) is 5.91 Å². The minimum absolute atomic E-state index is 0.0632. The predicted molar refractivity (Wildman–Crippen MR) is 105 cm³/mol. The summed E-state index contributed by atoms with van der Waals surface area (Å²) in [5.41, 5.74) is 0.239. The van der Waals surface area contributed by atoms with Crippen LogP contribution in [0.4, 0.5) is 0 Å². The van der Waals surface area contributed by atoms with Crippen molar-refractivity contribution in [3.63, 3.8) is 0 Å². The molecule has 0 saturated carbocycles. The number of amides is 1. The summed E-state index contributed by atoms with van der Waals surface area (Å²) in [6.45, 7) is 7.79. The molecule has 6 heteroatoms. The zero-order chi connectivity index (χ0) is 18.7. The molecule has 1 N–H and O–H groups in total. The van der Waals surface area contributed by atoms with Gasteiger partial charge in [0.25, 0.3) is 0 Å². The van der Waals surface area contributed by atoms with Gasteiger partial charge in [-0.3, -0.25) is 9.69 Å². The second-order valence-electron chi connectivity index (χ2n) is 7.61. The first-order valence-corrected chi connectivity index (χ1v) is 10.0. The number of likely N-dealkylation sites (tertiary alicyclic amines) is 1. The highest BCUT2D eigenvalue weighted by atomic mass is 32.1. The summed E-state index contributed by atoms with van der Waals surface area (Å²) in [4.78, 5) is 19.4. The van der Waals surface area contributed by atoms with E-state index in [1.165, 1.54) is 9.71 Å². The van der Waals surface area contributed by atoms with E-state index in [2.05, 4.69) is 28.4 Å². The number of fused-ring (bicyclic) bond motifs is 1. The summed E-state index contributed by atoms with van der Waals surface area (Å²) < 4.78 is 1.22. The molecule has 1 aliphatic rings. The summed E-state index contributed by atoms with van der Waals surface area (Å²) in [6, 6.07) is 10.5. The van der Waals surface area contributed by atoms with E-state index in [1.54, 1.807) is 18.3 Å². The number of para-hydroxylation sites is 1. The first kappa shape index (κ1) is 18.8. The molecule has 2 atom stereocenters. The highest BCUT2D eigenvalue weighted by Gasteiger charge is 2.31. The molecule has 3 rings (SSSR count). The Morgan fingerprint density at radius 2 is 2.27 bits per heavy atom. The summed E-state index contributed by atoms with van der Waals surface area (Å²) in [6.07, 6.45) is 2.17. The number of nitriles is 1. The third-order valence-corrected chi connectivity index (χ3v) is 6.52. The van der Waals surface area contributed by atoms with Crippen molar-refractivity contribution in [2.75, 3.05) is 19.6 Å². The van der Waals surface area contributed by atoms with Crippen molar-refractivity contribution in [3.8, 4) is 6.07 Å². The Morgan fingerprint density at radius 3 is 2.96 bits per heavy atom. The summed E-state index contributed by atoms with van der Waals surface area (Å²) in [5, 5.41) is 13.5. The normalized spacial score (nSPS) is 20.7. The van der Waals surface area contributed by atoms with E-state index in [0.29, 0.717) is 12.5 Å². The summed E-state index contributed by atoms with van der Waals surface area (Å²) in [5.74, 6) is 0.363.